The molecule has 0 aromatic heterocycles. The number of hydrogen-bond acceptors (Lipinski definition) is 2. The van der Waals surface area contributed by atoms with Crippen molar-refractivity contribution in [2.24, 2.45) is 0 Å². The molecule has 0 N–H and O–H groups in total. The van der Waals surface area contributed by atoms with Crippen LogP contribution in [0.4, 0.5) is 0 Å². The van der Waals surface area contributed by atoms with E-state index in [1.807, 2.05) is 24.3 Å². The van der Waals surface area contributed by atoms with Gasteiger partial charge >= 0.3 is 27.2 Å². The van der Waals surface area contributed by atoms with Gasteiger partial charge in [-0.3, -0.25) is 0 Å². The van der Waals surface area contributed by atoms with Gasteiger partial charge in [0.15, 0.2) is 7.14 Å². The molecule has 0 unspecified atom stereocenters. The van der Waals surface area contributed by atoms with Crippen LogP contribution in [0, 0.1) is 24.8 Å². The van der Waals surface area contributed by atoms with Crippen LogP contribution < -0.4 is 25.9 Å². The van der Waals surface area contributed by atoms with E-state index in [-0.39, 0.29) is 32.6 Å². The second kappa shape index (κ2) is 10.3. The molecule has 0 aliphatic rings. The predicted molar refractivity (Wildman–Crippen MR) is 143 cm³/mol. The predicted octanol–water partition coefficient (Wildman–Crippen LogP) is 4.45. The Hall–Kier alpha value is 0.0500. The number of benzene rings is 3. The molecule has 0 saturated heterocycles. The van der Waals surface area contributed by atoms with Crippen molar-refractivity contribution in [1.82, 2.24) is 0 Å². The molecule has 0 saturated carbocycles. The molecule has 156 valence electrons. The van der Waals surface area contributed by atoms with E-state index < -0.39 is 0 Å². The van der Waals surface area contributed by atoms with Crippen molar-refractivity contribution < 1.29 is 30.7 Å². The molecule has 0 amide bonds. The lowest BCUT2D eigenvalue weighted by Gasteiger charge is -2.18. The number of carbonyl (C=O) groups is 1. The third kappa shape index (κ3) is 6.09. The molecule has 0 fully saturated rings. The first-order valence-electron chi connectivity index (χ1n) is 9.28. The zero-order chi connectivity index (χ0) is 22.1. The van der Waals surface area contributed by atoms with Gasteiger partial charge in [-0.15, -0.1) is 0 Å². The van der Waals surface area contributed by atoms with E-state index in [0.717, 1.165) is 10.7 Å². The Balaban J connectivity index is 1.76. The fourth-order valence-corrected chi connectivity index (χ4v) is 7.45. The Morgan fingerprint density at radius 1 is 0.900 bits per heavy atom. The van der Waals surface area contributed by atoms with Gasteiger partial charge in [-0.05, 0) is 128 Å². The fraction of sp³-hybridized carbons (Fsp3) is 0.208. The van der Waals surface area contributed by atoms with Crippen molar-refractivity contribution in [1.29, 1.82) is 0 Å². The second-order valence-corrected chi connectivity index (χ2v) is 14.2. The highest BCUT2D eigenvalue weighted by atomic mass is 127. The van der Waals surface area contributed by atoms with Crippen molar-refractivity contribution in [3.63, 3.8) is 0 Å². The molecule has 0 aliphatic heterocycles. The van der Waals surface area contributed by atoms with Crippen LogP contribution in [-0.2, 0) is 5.41 Å². The van der Waals surface area contributed by atoms with E-state index in [0.29, 0.717) is 11.3 Å². The van der Waals surface area contributed by atoms with Crippen LogP contribution in [0.3, 0.4) is 0 Å². The maximum absolute atomic E-state index is 12.8. The highest BCUT2D eigenvalue weighted by Gasteiger charge is 2.22. The van der Waals surface area contributed by atoms with Gasteiger partial charge in [-0.25, -0.2) is 4.79 Å². The van der Waals surface area contributed by atoms with Gasteiger partial charge in [0.1, 0.15) is 5.75 Å². The van der Waals surface area contributed by atoms with Crippen LogP contribution in [0.5, 0.6) is 5.75 Å². The van der Waals surface area contributed by atoms with Gasteiger partial charge < -0.3 is 4.74 Å². The number of halogens is 4. The summed E-state index contributed by atoms with van der Waals surface area (Å²) in [6.45, 7) is 8.80. The molecule has 3 aromatic carbocycles. The third-order valence-electron chi connectivity index (χ3n) is 4.51. The van der Waals surface area contributed by atoms with E-state index in [4.69, 9.17) is 4.74 Å². The average molecular weight is 849 g/mol. The molecule has 0 radical (unpaired) electrons. The molecule has 2 nitrogen and oxygen atoms in total. The summed E-state index contributed by atoms with van der Waals surface area (Å²) < 4.78 is 11.3. The van der Waals surface area contributed by atoms with E-state index in [9.17, 15) is 4.79 Å². The standard InChI is InChI=1S/C24H21I4O2/c1-14-13-17(30-23(29)21-18(25)10-11-19(26)22(21)27)9-12-20(14)28-16-7-5-15(6-8-16)24(2,3)4/h5-13H,1-4H3/q+1. The second-order valence-electron chi connectivity index (χ2n) is 7.87. The summed E-state index contributed by atoms with van der Waals surface area (Å²) in [4.78, 5) is 12.8. The fourth-order valence-electron chi connectivity index (χ4n) is 2.79. The summed E-state index contributed by atoms with van der Waals surface area (Å²) in [7, 11) is 0. The molecule has 0 spiro atoms. The summed E-state index contributed by atoms with van der Waals surface area (Å²) >= 11 is 6.36. The molecule has 0 atom stereocenters. The van der Waals surface area contributed by atoms with Gasteiger partial charge in [-0.2, -0.15) is 0 Å². The van der Waals surface area contributed by atoms with Crippen LogP contribution in [0.15, 0.2) is 54.6 Å². The molecule has 0 heterocycles. The van der Waals surface area contributed by atoms with Crippen molar-refractivity contribution in [3.8, 4) is 5.75 Å². The van der Waals surface area contributed by atoms with Gasteiger partial charge in [0.25, 0.3) is 0 Å². The monoisotopic (exact) mass is 849 g/mol. The van der Waals surface area contributed by atoms with Crippen LogP contribution >= 0.6 is 67.8 Å². The van der Waals surface area contributed by atoms with Crippen LogP contribution in [0.1, 0.15) is 42.3 Å². The van der Waals surface area contributed by atoms with Gasteiger partial charge in [0, 0.05) is 16.3 Å². The van der Waals surface area contributed by atoms with Crippen molar-refractivity contribution in [2.75, 3.05) is 0 Å². The maximum atomic E-state index is 12.8. The lowest BCUT2D eigenvalue weighted by atomic mass is 9.87. The first-order chi connectivity index (χ1) is 14.1. The number of esters is 1. The quantitative estimate of drug-likeness (QED) is 0.168. The minimum absolute atomic E-state index is 0.171. The Kier molecular flexibility index (Phi) is 8.50. The Morgan fingerprint density at radius 3 is 2.13 bits per heavy atom. The summed E-state index contributed by atoms with van der Waals surface area (Å²) in [5.41, 5.74) is 3.33. The van der Waals surface area contributed by atoms with Crippen molar-refractivity contribution in [2.45, 2.75) is 33.1 Å². The van der Waals surface area contributed by atoms with Crippen LogP contribution in [0.2, 0.25) is 0 Å². The lowest BCUT2D eigenvalue weighted by Crippen LogP contribution is -3.61. The smallest absolute Gasteiger partial charge is 0.358 e. The molecule has 0 aliphatic carbocycles. The summed E-state index contributed by atoms with van der Waals surface area (Å²) in [5.74, 6) is 0.292. The molecule has 30 heavy (non-hydrogen) atoms. The third-order valence-corrected chi connectivity index (χ3v) is 11.6. The maximum Gasteiger partial charge on any atom is 0.358 e. The molecule has 0 bridgehead atoms. The first-order valence-corrected chi connectivity index (χ1v) is 14.7. The lowest BCUT2D eigenvalue weighted by molar-refractivity contribution is -0.598. The molecular weight excluding hydrogens is 828 g/mol. The first kappa shape index (κ1) is 24.7. The van der Waals surface area contributed by atoms with E-state index in [2.05, 4.69) is 126 Å². The van der Waals surface area contributed by atoms with Gasteiger partial charge in [0.2, 0.25) is 0 Å². The number of hydrogen-bond donors (Lipinski definition) is 0. The van der Waals surface area contributed by atoms with E-state index in [1.165, 1.54) is 18.3 Å². The van der Waals surface area contributed by atoms with Crippen LogP contribution in [-0.4, -0.2) is 5.97 Å². The minimum Gasteiger partial charge on any atom is -0.423 e. The Bertz CT molecular complexity index is 1080. The number of aryl methyl sites for hydroxylation is 1. The Labute approximate surface area is 229 Å². The average Bonchev–Trinajstić information content (AvgIpc) is 2.67. The van der Waals surface area contributed by atoms with E-state index >= 15 is 0 Å². The molecule has 3 rings (SSSR count). The van der Waals surface area contributed by atoms with Gasteiger partial charge in [0.05, 0.1) is 5.56 Å². The largest absolute Gasteiger partial charge is 0.423 e. The highest BCUT2D eigenvalue weighted by Crippen LogP contribution is 2.26. The highest BCUT2D eigenvalue weighted by molar-refractivity contribution is 14.1. The zero-order valence-corrected chi connectivity index (χ0v) is 25.7. The summed E-state index contributed by atoms with van der Waals surface area (Å²) in [5, 5.41) is 0. The van der Waals surface area contributed by atoms with Crippen LogP contribution in [0.25, 0.3) is 0 Å². The summed E-state index contributed by atoms with van der Waals surface area (Å²) in [6, 6.07) is 18.9. The number of ether oxygens (including phenoxy) is 1. The SMILES string of the molecule is Cc1cc(OC(=O)c2c(I)ccc(I)c2I)ccc1[I+]c1ccc(C(C)(C)C)cc1. The minimum atomic E-state index is -0.304. The van der Waals surface area contributed by atoms with Gasteiger partial charge in [-0.1, -0.05) is 32.9 Å². The van der Waals surface area contributed by atoms with Crippen molar-refractivity contribution >= 4 is 73.7 Å². The zero-order valence-electron chi connectivity index (χ0n) is 17.0. The topological polar surface area (TPSA) is 26.3 Å². The normalized spacial score (nSPS) is 11.4. The summed E-state index contributed by atoms with van der Waals surface area (Å²) in [6.07, 6.45) is 0. The Morgan fingerprint density at radius 2 is 1.53 bits per heavy atom. The number of carbonyl (C=O) groups excluding carboxylic acids is 1. The van der Waals surface area contributed by atoms with Crippen molar-refractivity contribution in [3.05, 3.63) is 89.1 Å². The molecule has 3 aromatic rings. The molecular formula is C24H21I4O2+. The number of rotatable bonds is 4. The molecule has 6 heteroatoms. The van der Waals surface area contributed by atoms with E-state index in [1.54, 1.807) is 0 Å².